The molecular weight excluding hydrogens is 580 g/mol. The summed E-state index contributed by atoms with van der Waals surface area (Å²) in [5.41, 5.74) is 7.43. The Morgan fingerprint density at radius 1 is 1.12 bits per heavy atom. The van der Waals surface area contributed by atoms with Gasteiger partial charge in [0.1, 0.15) is 6.04 Å². The zero-order chi connectivity index (χ0) is 30.3. The maximum atomic E-state index is 13.5. The van der Waals surface area contributed by atoms with Gasteiger partial charge in [-0.15, -0.1) is 0 Å². The number of aromatic amines is 1. The molecule has 1 fully saturated rings. The molecule has 0 saturated carbocycles. The Hall–Kier alpha value is -3.82. The topological polar surface area (TPSA) is 202 Å². The first-order valence-electron chi connectivity index (χ1n) is 13.3. The van der Waals surface area contributed by atoms with Crippen LogP contribution in [0.3, 0.4) is 0 Å². The van der Waals surface area contributed by atoms with Crippen LogP contribution in [-0.2, 0) is 32.6 Å². The van der Waals surface area contributed by atoms with E-state index in [0.29, 0.717) is 13.1 Å². The molecule has 5 rings (SSSR count). The zero-order valence-electron chi connectivity index (χ0n) is 22.7. The summed E-state index contributed by atoms with van der Waals surface area (Å²) >= 11 is -2.61. The third-order valence-electron chi connectivity index (χ3n) is 7.17. The third-order valence-corrected chi connectivity index (χ3v) is 8.64. The molecule has 0 radical (unpaired) electrons. The molecule has 0 bridgehead atoms. The number of carbonyl (C=O) groups excluding carboxylic acids is 1. The van der Waals surface area contributed by atoms with Gasteiger partial charge in [-0.05, 0) is 59.7 Å². The smallest absolute Gasteiger partial charge is 0.299 e. The summed E-state index contributed by atoms with van der Waals surface area (Å²) in [5.74, 6) is -0.233. The second kappa shape index (κ2) is 13.9. The van der Waals surface area contributed by atoms with E-state index in [-0.39, 0.29) is 29.1 Å². The molecule has 3 aromatic carbocycles. The molecule has 14 heteroatoms. The predicted molar refractivity (Wildman–Crippen MR) is 163 cm³/mol. The molecular formula is C28H34N6O6S2. The van der Waals surface area contributed by atoms with Crippen LogP contribution in [0.1, 0.15) is 18.4 Å². The number of para-hydroxylation sites is 1. The van der Waals surface area contributed by atoms with E-state index in [1.807, 2.05) is 54.7 Å². The fourth-order valence-corrected chi connectivity index (χ4v) is 6.35. The monoisotopic (exact) mass is 614 g/mol. The molecule has 1 aliphatic rings. The van der Waals surface area contributed by atoms with Gasteiger partial charge in [0.2, 0.25) is 15.9 Å². The molecule has 224 valence electrons. The number of likely N-dealkylation sites (tertiary alicyclic amines) is 1. The van der Waals surface area contributed by atoms with Crippen molar-refractivity contribution in [3.63, 3.8) is 0 Å². The molecule has 1 amide bonds. The summed E-state index contributed by atoms with van der Waals surface area (Å²) in [6.45, 7) is 1.70. The van der Waals surface area contributed by atoms with Crippen molar-refractivity contribution in [3.8, 4) is 0 Å². The van der Waals surface area contributed by atoms with Crippen LogP contribution in [0, 0.1) is 11.3 Å². The number of benzene rings is 3. The summed E-state index contributed by atoms with van der Waals surface area (Å²) in [7, 11) is -3.99. The van der Waals surface area contributed by atoms with E-state index in [2.05, 4.69) is 15.0 Å². The van der Waals surface area contributed by atoms with Crippen LogP contribution in [0.15, 0.2) is 77.8 Å². The van der Waals surface area contributed by atoms with Gasteiger partial charge >= 0.3 is 0 Å². The van der Waals surface area contributed by atoms with Gasteiger partial charge < -0.3 is 20.9 Å². The van der Waals surface area contributed by atoms with Crippen molar-refractivity contribution in [3.05, 3.63) is 78.5 Å². The van der Waals surface area contributed by atoms with Crippen molar-refractivity contribution >= 4 is 54.9 Å². The van der Waals surface area contributed by atoms with Gasteiger partial charge in [-0.25, -0.2) is 8.42 Å². The summed E-state index contributed by atoms with van der Waals surface area (Å²) in [6, 6.07) is 19.2. The van der Waals surface area contributed by atoms with E-state index in [1.165, 1.54) is 0 Å². The van der Waals surface area contributed by atoms with Crippen LogP contribution >= 0.6 is 0 Å². The highest BCUT2D eigenvalue weighted by molar-refractivity contribution is 7.89. The number of H-pyrrole nitrogens is 1. The van der Waals surface area contributed by atoms with E-state index in [4.69, 9.17) is 24.5 Å². The fourth-order valence-electron chi connectivity index (χ4n) is 5.12. The first-order chi connectivity index (χ1) is 20.0. The normalized spacial score (nSPS) is 16.2. The number of hydrogen-bond donors (Lipinski definition) is 7. The number of nitrogens with two attached hydrogens (primary N) is 1. The lowest BCUT2D eigenvalue weighted by molar-refractivity contribution is -0.122. The second-order valence-corrected chi connectivity index (χ2v) is 12.2. The lowest BCUT2D eigenvalue weighted by atomic mass is 9.98. The number of rotatable bonds is 8. The number of nitrogens with one attached hydrogen (secondary N) is 4. The summed E-state index contributed by atoms with van der Waals surface area (Å²) in [4.78, 5) is 18.6. The quantitative estimate of drug-likeness (QED) is 0.0891. The molecule has 0 aliphatic carbocycles. The van der Waals surface area contributed by atoms with E-state index in [0.717, 1.165) is 46.6 Å². The number of carbonyl (C=O) groups is 1. The standard InChI is InChI=1S/C28H32N6O3S.H2O3S/c29-28(30)34-13-5-6-19(18-34)16-32-27(35)26(15-22-17-31-25-10-4-3-9-24(22)25)33-38(36,37)23-12-11-20-7-1-2-8-21(20)14-23;1-4(2)3/h1-4,7-12,14,17,19,26,31,33H,5-6,13,15-16,18H2,(H3,29,30)(H,32,35);(H2,1,2,3)/t19?,26-;/m1./s1. The number of piperidine rings is 1. The maximum Gasteiger partial charge on any atom is 0.299 e. The molecule has 1 unspecified atom stereocenters. The average Bonchev–Trinajstić information content (AvgIpc) is 3.37. The van der Waals surface area contributed by atoms with Crippen molar-refractivity contribution in [1.82, 2.24) is 19.9 Å². The van der Waals surface area contributed by atoms with Crippen LogP contribution in [0.2, 0.25) is 0 Å². The van der Waals surface area contributed by atoms with Crippen molar-refractivity contribution in [2.24, 2.45) is 11.7 Å². The zero-order valence-corrected chi connectivity index (χ0v) is 24.3. The van der Waals surface area contributed by atoms with Gasteiger partial charge in [-0.3, -0.25) is 19.3 Å². The van der Waals surface area contributed by atoms with Crippen LogP contribution in [0.25, 0.3) is 21.7 Å². The van der Waals surface area contributed by atoms with Crippen LogP contribution in [0.4, 0.5) is 0 Å². The summed E-state index contributed by atoms with van der Waals surface area (Å²) in [5, 5.41) is 13.4. The van der Waals surface area contributed by atoms with E-state index in [1.54, 1.807) is 23.1 Å². The molecule has 8 N–H and O–H groups in total. The average molecular weight is 615 g/mol. The number of fused-ring (bicyclic) bond motifs is 2. The van der Waals surface area contributed by atoms with Gasteiger partial charge in [-0.1, -0.05) is 48.5 Å². The molecule has 1 saturated heterocycles. The molecule has 42 heavy (non-hydrogen) atoms. The Morgan fingerprint density at radius 3 is 2.55 bits per heavy atom. The Bertz CT molecular complexity index is 1690. The lowest BCUT2D eigenvalue weighted by Crippen LogP contribution is -2.51. The van der Waals surface area contributed by atoms with Gasteiger partial charge in [0.25, 0.3) is 11.4 Å². The van der Waals surface area contributed by atoms with Crippen LogP contribution in [0.5, 0.6) is 0 Å². The van der Waals surface area contributed by atoms with E-state index >= 15 is 0 Å². The number of aromatic nitrogens is 1. The van der Waals surface area contributed by atoms with Gasteiger partial charge in [0, 0.05) is 36.7 Å². The highest BCUT2D eigenvalue weighted by atomic mass is 32.2. The van der Waals surface area contributed by atoms with E-state index in [9.17, 15) is 13.2 Å². The number of guanidine groups is 1. The maximum absolute atomic E-state index is 13.5. The molecule has 2 atom stereocenters. The van der Waals surface area contributed by atoms with Crippen LogP contribution < -0.4 is 15.8 Å². The highest BCUT2D eigenvalue weighted by Gasteiger charge is 2.28. The van der Waals surface area contributed by atoms with Crippen molar-refractivity contribution in [2.45, 2.75) is 30.2 Å². The Kier molecular flexibility index (Phi) is 10.3. The minimum Gasteiger partial charge on any atom is -0.370 e. The van der Waals surface area contributed by atoms with E-state index < -0.39 is 27.4 Å². The largest absolute Gasteiger partial charge is 0.370 e. The van der Waals surface area contributed by atoms with Crippen molar-refractivity contribution < 1.29 is 26.5 Å². The molecule has 4 aromatic rings. The van der Waals surface area contributed by atoms with Gasteiger partial charge in [-0.2, -0.15) is 8.93 Å². The minimum absolute atomic E-state index is 0.0291. The SMILES string of the molecule is N=C(N)N1CCCC(CNC(=O)[C@@H](Cc2c[nH]c3ccccc23)NS(=O)(=O)c2ccc3ccccc3c2)C1.O=S(O)O. The van der Waals surface area contributed by atoms with Crippen molar-refractivity contribution in [1.29, 1.82) is 5.41 Å². The molecule has 12 nitrogen and oxygen atoms in total. The third kappa shape index (κ3) is 8.14. The Morgan fingerprint density at radius 2 is 1.81 bits per heavy atom. The summed E-state index contributed by atoms with van der Waals surface area (Å²) < 4.78 is 52.4. The van der Waals surface area contributed by atoms with Gasteiger partial charge in [0.05, 0.1) is 4.90 Å². The number of nitrogens with zero attached hydrogens (tertiary/aromatic N) is 1. The Balaban J connectivity index is 0.000000952. The number of amides is 1. The fraction of sp³-hybridized carbons (Fsp3) is 0.286. The first kappa shape index (κ1) is 31.1. The minimum atomic E-state index is -3.99. The van der Waals surface area contributed by atoms with Crippen molar-refractivity contribution in [2.75, 3.05) is 19.6 Å². The predicted octanol–water partition coefficient (Wildman–Crippen LogP) is 2.61. The first-order valence-corrected chi connectivity index (χ1v) is 15.8. The Labute approximate surface area is 246 Å². The number of sulfonamides is 1. The van der Waals surface area contributed by atoms with Gasteiger partial charge in [0.15, 0.2) is 5.96 Å². The molecule has 0 spiro atoms. The molecule has 2 heterocycles. The number of hydrogen-bond acceptors (Lipinski definition) is 5. The highest BCUT2D eigenvalue weighted by Crippen LogP contribution is 2.22. The molecule has 1 aromatic heterocycles. The molecule has 1 aliphatic heterocycles. The van der Waals surface area contributed by atoms with Crippen LogP contribution in [-0.4, -0.2) is 69.2 Å². The summed E-state index contributed by atoms with van der Waals surface area (Å²) in [6.07, 6.45) is 3.79. The second-order valence-electron chi connectivity index (χ2n) is 10.1. The lowest BCUT2D eigenvalue weighted by Gasteiger charge is -2.33.